The van der Waals surface area contributed by atoms with E-state index in [1.807, 2.05) is 30.3 Å². The molecule has 0 aromatic heterocycles. The van der Waals surface area contributed by atoms with Crippen molar-refractivity contribution in [2.45, 2.75) is 45.1 Å². The number of amides is 2. The molecule has 3 rings (SSSR count). The van der Waals surface area contributed by atoms with Crippen LogP contribution in [0.2, 0.25) is 0 Å². The lowest BCUT2D eigenvalue weighted by Gasteiger charge is -2.25. The van der Waals surface area contributed by atoms with Crippen LogP contribution in [0.15, 0.2) is 42.5 Å². The van der Waals surface area contributed by atoms with E-state index in [-0.39, 0.29) is 17.7 Å². The molecule has 1 atom stereocenters. The smallest absolute Gasteiger partial charge is 0.221 e. The summed E-state index contributed by atoms with van der Waals surface area (Å²) < 4.78 is 5.31. The van der Waals surface area contributed by atoms with Crippen LogP contribution in [0.25, 0.3) is 0 Å². The molecular weight excluding hydrogens is 340 g/mol. The third kappa shape index (κ3) is 5.09. The van der Waals surface area contributed by atoms with Gasteiger partial charge in [0.15, 0.2) is 0 Å². The topological polar surface area (TPSA) is 67.4 Å². The number of anilines is 1. The van der Waals surface area contributed by atoms with Crippen molar-refractivity contribution in [1.29, 1.82) is 0 Å². The lowest BCUT2D eigenvalue weighted by Crippen LogP contribution is -2.26. The van der Waals surface area contributed by atoms with E-state index in [9.17, 15) is 9.59 Å². The number of hydrogen-bond donors (Lipinski definition) is 2. The van der Waals surface area contributed by atoms with E-state index >= 15 is 0 Å². The van der Waals surface area contributed by atoms with Crippen molar-refractivity contribution in [2.75, 3.05) is 12.4 Å². The summed E-state index contributed by atoms with van der Waals surface area (Å²) in [5.41, 5.74) is 4.26. The van der Waals surface area contributed by atoms with E-state index in [1.165, 1.54) is 18.1 Å². The standard InChI is InChI=1S/C22H26N2O3/c1-15(25)24-19-8-3-5-16(11-19)14-23-22(26)13-18-7-4-6-17-12-20(27-2)9-10-21(17)18/h3,5,8-12,18H,4,6-7,13-14H2,1-2H3,(H,23,26)(H,24,25). The molecule has 2 aromatic rings. The highest BCUT2D eigenvalue weighted by atomic mass is 16.5. The molecule has 0 saturated heterocycles. The van der Waals surface area contributed by atoms with Gasteiger partial charge in [-0.1, -0.05) is 18.2 Å². The molecule has 1 aliphatic rings. The van der Waals surface area contributed by atoms with Crippen LogP contribution in [-0.2, 0) is 22.6 Å². The third-order valence-electron chi connectivity index (χ3n) is 4.96. The first-order chi connectivity index (χ1) is 13.0. The minimum absolute atomic E-state index is 0.0496. The Bertz CT molecular complexity index is 832. The van der Waals surface area contributed by atoms with Crippen molar-refractivity contribution >= 4 is 17.5 Å². The van der Waals surface area contributed by atoms with Gasteiger partial charge in [-0.25, -0.2) is 0 Å². The van der Waals surface area contributed by atoms with Crippen LogP contribution in [0.3, 0.4) is 0 Å². The summed E-state index contributed by atoms with van der Waals surface area (Å²) in [6.07, 6.45) is 3.66. The van der Waals surface area contributed by atoms with Gasteiger partial charge in [-0.05, 0) is 66.1 Å². The van der Waals surface area contributed by atoms with E-state index < -0.39 is 0 Å². The van der Waals surface area contributed by atoms with Crippen molar-refractivity contribution in [2.24, 2.45) is 0 Å². The van der Waals surface area contributed by atoms with E-state index in [2.05, 4.69) is 22.8 Å². The van der Waals surface area contributed by atoms with Gasteiger partial charge in [-0.2, -0.15) is 0 Å². The van der Waals surface area contributed by atoms with E-state index in [1.54, 1.807) is 7.11 Å². The minimum Gasteiger partial charge on any atom is -0.497 e. The normalized spacial score (nSPS) is 15.6. The van der Waals surface area contributed by atoms with Gasteiger partial charge in [0.05, 0.1) is 7.11 Å². The largest absolute Gasteiger partial charge is 0.497 e. The lowest BCUT2D eigenvalue weighted by atomic mass is 9.81. The zero-order valence-corrected chi connectivity index (χ0v) is 15.9. The minimum atomic E-state index is -0.108. The number of methoxy groups -OCH3 is 1. The monoisotopic (exact) mass is 366 g/mol. The van der Waals surface area contributed by atoms with Gasteiger partial charge >= 0.3 is 0 Å². The SMILES string of the molecule is COc1ccc2c(c1)CCCC2CC(=O)NCc1cccc(NC(C)=O)c1. The molecule has 0 aliphatic heterocycles. The van der Waals surface area contributed by atoms with Gasteiger partial charge in [0.25, 0.3) is 0 Å². The molecule has 0 radical (unpaired) electrons. The Morgan fingerprint density at radius 2 is 2.04 bits per heavy atom. The number of benzene rings is 2. The molecular formula is C22H26N2O3. The number of aryl methyl sites for hydroxylation is 1. The summed E-state index contributed by atoms with van der Waals surface area (Å²) in [6.45, 7) is 1.93. The van der Waals surface area contributed by atoms with Gasteiger partial charge < -0.3 is 15.4 Å². The van der Waals surface area contributed by atoms with Gasteiger partial charge in [-0.3, -0.25) is 9.59 Å². The predicted molar refractivity (Wildman–Crippen MR) is 106 cm³/mol. The van der Waals surface area contributed by atoms with Crippen LogP contribution in [-0.4, -0.2) is 18.9 Å². The first-order valence-electron chi connectivity index (χ1n) is 9.35. The van der Waals surface area contributed by atoms with Crippen LogP contribution in [0.4, 0.5) is 5.69 Å². The molecule has 27 heavy (non-hydrogen) atoms. The van der Waals surface area contributed by atoms with Crippen LogP contribution in [0, 0.1) is 0 Å². The molecule has 2 amide bonds. The predicted octanol–water partition coefficient (Wildman–Crippen LogP) is 3.78. The first-order valence-corrected chi connectivity index (χ1v) is 9.35. The summed E-state index contributed by atoms with van der Waals surface area (Å²) in [5.74, 6) is 1.07. The molecule has 1 aliphatic carbocycles. The number of carbonyl (C=O) groups is 2. The zero-order valence-electron chi connectivity index (χ0n) is 15.9. The lowest BCUT2D eigenvalue weighted by molar-refractivity contribution is -0.121. The first kappa shape index (κ1) is 19.0. The average molecular weight is 366 g/mol. The Balaban J connectivity index is 1.58. The van der Waals surface area contributed by atoms with Gasteiger partial charge in [0.1, 0.15) is 5.75 Å². The molecule has 5 heteroatoms. The number of carbonyl (C=O) groups excluding carboxylic acids is 2. The van der Waals surface area contributed by atoms with E-state index in [0.717, 1.165) is 36.3 Å². The number of fused-ring (bicyclic) bond motifs is 1. The van der Waals surface area contributed by atoms with Crippen LogP contribution in [0.1, 0.15) is 48.8 Å². The van der Waals surface area contributed by atoms with Crippen LogP contribution >= 0.6 is 0 Å². The summed E-state index contributed by atoms with van der Waals surface area (Å²) in [7, 11) is 1.68. The Kier molecular flexibility index (Phi) is 6.12. The second-order valence-electron chi connectivity index (χ2n) is 7.02. The molecule has 5 nitrogen and oxygen atoms in total. The van der Waals surface area contributed by atoms with Crippen molar-refractivity contribution in [3.05, 3.63) is 59.2 Å². The van der Waals surface area contributed by atoms with Gasteiger partial charge in [0, 0.05) is 25.6 Å². The maximum atomic E-state index is 12.5. The zero-order chi connectivity index (χ0) is 19.2. The Labute approximate surface area is 160 Å². The Morgan fingerprint density at radius 3 is 2.81 bits per heavy atom. The Morgan fingerprint density at radius 1 is 1.19 bits per heavy atom. The molecule has 2 N–H and O–H groups in total. The number of rotatable bonds is 6. The molecule has 0 heterocycles. The quantitative estimate of drug-likeness (QED) is 0.817. The third-order valence-corrected chi connectivity index (χ3v) is 4.96. The van der Waals surface area contributed by atoms with Crippen molar-refractivity contribution < 1.29 is 14.3 Å². The number of ether oxygens (including phenoxy) is 1. The fourth-order valence-electron chi connectivity index (χ4n) is 3.69. The van der Waals surface area contributed by atoms with Crippen molar-refractivity contribution in [3.63, 3.8) is 0 Å². The molecule has 2 aromatic carbocycles. The Hall–Kier alpha value is -2.82. The van der Waals surface area contributed by atoms with E-state index in [0.29, 0.717) is 13.0 Å². The maximum Gasteiger partial charge on any atom is 0.221 e. The number of nitrogens with one attached hydrogen (secondary N) is 2. The highest BCUT2D eigenvalue weighted by Gasteiger charge is 2.23. The van der Waals surface area contributed by atoms with Crippen molar-refractivity contribution in [3.8, 4) is 5.75 Å². The van der Waals surface area contributed by atoms with Gasteiger partial charge in [0.2, 0.25) is 11.8 Å². The highest BCUT2D eigenvalue weighted by Crippen LogP contribution is 2.35. The van der Waals surface area contributed by atoms with Gasteiger partial charge in [-0.15, -0.1) is 0 Å². The molecule has 0 fully saturated rings. The summed E-state index contributed by atoms with van der Waals surface area (Å²) in [5, 5.41) is 5.76. The molecule has 0 saturated carbocycles. The summed E-state index contributed by atoms with van der Waals surface area (Å²) in [6, 6.07) is 13.7. The molecule has 142 valence electrons. The van der Waals surface area contributed by atoms with E-state index in [4.69, 9.17) is 4.74 Å². The highest BCUT2D eigenvalue weighted by molar-refractivity contribution is 5.88. The molecule has 1 unspecified atom stereocenters. The second-order valence-corrected chi connectivity index (χ2v) is 7.02. The van der Waals surface area contributed by atoms with Crippen LogP contribution < -0.4 is 15.4 Å². The molecule has 0 spiro atoms. The summed E-state index contributed by atoms with van der Waals surface area (Å²) >= 11 is 0. The number of hydrogen-bond acceptors (Lipinski definition) is 3. The van der Waals surface area contributed by atoms with Crippen molar-refractivity contribution in [1.82, 2.24) is 5.32 Å². The summed E-state index contributed by atoms with van der Waals surface area (Å²) in [4.78, 5) is 23.6. The average Bonchev–Trinajstić information content (AvgIpc) is 2.66. The fraction of sp³-hybridized carbons (Fsp3) is 0.364. The maximum absolute atomic E-state index is 12.5. The second kappa shape index (κ2) is 8.71. The fourth-order valence-corrected chi connectivity index (χ4v) is 3.69. The van der Waals surface area contributed by atoms with Crippen LogP contribution in [0.5, 0.6) is 5.75 Å². The molecule has 0 bridgehead atoms.